The van der Waals surface area contributed by atoms with Crippen LogP contribution in [0.25, 0.3) is 0 Å². The van der Waals surface area contributed by atoms with E-state index in [4.69, 9.17) is 10.5 Å². The van der Waals surface area contributed by atoms with Crippen LogP contribution in [0.15, 0.2) is 24.3 Å². The zero-order chi connectivity index (χ0) is 15.8. The van der Waals surface area contributed by atoms with Crippen LogP contribution < -0.4 is 15.8 Å². The number of nitrogens with one attached hydrogen (secondary N) is 1. The normalized spacial score (nSPS) is 11.2. The maximum Gasteiger partial charge on any atom is 0.255 e. The molecule has 3 N–H and O–H groups in total. The summed E-state index contributed by atoms with van der Waals surface area (Å²) in [7, 11) is 0. The highest BCUT2D eigenvalue weighted by atomic mass is 16.5. The molecule has 0 saturated heterocycles. The fraction of sp³-hybridized carbons (Fsp3) is 0.588. The average Bonchev–Trinajstić information content (AvgIpc) is 2.36. The molecule has 0 heterocycles. The lowest BCUT2D eigenvalue weighted by atomic mass is 9.95. The predicted octanol–water partition coefficient (Wildman–Crippen LogP) is 3.42. The Kier molecular flexibility index (Phi) is 7.06. The highest BCUT2D eigenvalue weighted by Crippen LogP contribution is 2.21. The molecule has 21 heavy (non-hydrogen) atoms. The molecule has 0 fully saturated rings. The summed E-state index contributed by atoms with van der Waals surface area (Å²) in [5, 5.41) is 3.59. The lowest BCUT2D eigenvalue weighted by Gasteiger charge is -2.23. The third-order valence-corrected chi connectivity index (χ3v) is 3.12. The maximum atomic E-state index is 10.7. The second kappa shape index (κ2) is 8.55. The van der Waals surface area contributed by atoms with Gasteiger partial charge >= 0.3 is 0 Å². The number of nitrogens with two attached hydrogens (primary N) is 1. The van der Waals surface area contributed by atoms with E-state index >= 15 is 0 Å². The van der Waals surface area contributed by atoms with Crippen molar-refractivity contribution in [1.29, 1.82) is 0 Å². The monoisotopic (exact) mass is 292 g/mol. The van der Waals surface area contributed by atoms with E-state index < -0.39 is 5.91 Å². The number of hydrogen-bond acceptors (Lipinski definition) is 3. The maximum absolute atomic E-state index is 10.7. The smallest absolute Gasteiger partial charge is 0.255 e. The van der Waals surface area contributed by atoms with Crippen molar-refractivity contribution in [3.8, 4) is 5.75 Å². The van der Waals surface area contributed by atoms with Crippen LogP contribution in [0.1, 0.15) is 40.5 Å². The van der Waals surface area contributed by atoms with Crippen LogP contribution in [0, 0.1) is 11.8 Å². The number of hydrogen-bond donors (Lipinski definition) is 2. The standard InChI is InChI=1S/C17H28N2O2/c1-12(2)9-15(10-13(3)4)19-14-5-7-16(8-6-14)21-11-17(18)20/h5-8,12-13,15,19H,9-11H2,1-4H3,(H2,18,20). The molecule has 1 amide bonds. The first-order chi connectivity index (χ1) is 9.86. The first-order valence-corrected chi connectivity index (χ1v) is 7.64. The molecular formula is C17H28N2O2. The third-order valence-electron chi connectivity index (χ3n) is 3.12. The SMILES string of the molecule is CC(C)CC(CC(C)C)Nc1ccc(OCC(N)=O)cc1. The Morgan fingerprint density at radius 3 is 2.05 bits per heavy atom. The molecule has 4 heteroatoms. The highest BCUT2D eigenvalue weighted by molar-refractivity contribution is 5.75. The molecule has 118 valence electrons. The fourth-order valence-electron chi connectivity index (χ4n) is 2.39. The van der Waals surface area contributed by atoms with E-state index in [1.165, 1.54) is 0 Å². The summed E-state index contributed by atoms with van der Waals surface area (Å²) >= 11 is 0. The van der Waals surface area contributed by atoms with Crippen LogP contribution >= 0.6 is 0 Å². The highest BCUT2D eigenvalue weighted by Gasteiger charge is 2.12. The van der Waals surface area contributed by atoms with Crippen LogP contribution in [0.3, 0.4) is 0 Å². The van der Waals surface area contributed by atoms with Gasteiger partial charge in [-0.25, -0.2) is 0 Å². The van der Waals surface area contributed by atoms with E-state index in [1.807, 2.05) is 24.3 Å². The van der Waals surface area contributed by atoms with Gasteiger partial charge in [0, 0.05) is 11.7 Å². The summed E-state index contributed by atoms with van der Waals surface area (Å²) < 4.78 is 5.25. The third kappa shape index (κ3) is 7.59. The van der Waals surface area contributed by atoms with Gasteiger partial charge in [0.1, 0.15) is 5.75 Å². The van der Waals surface area contributed by atoms with E-state index in [0.717, 1.165) is 18.5 Å². The zero-order valence-electron chi connectivity index (χ0n) is 13.6. The van der Waals surface area contributed by atoms with Crippen LogP contribution in [0.2, 0.25) is 0 Å². The summed E-state index contributed by atoms with van der Waals surface area (Å²) in [4.78, 5) is 10.7. The molecule has 0 unspecified atom stereocenters. The van der Waals surface area contributed by atoms with Gasteiger partial charge in [0.15, 0.2) is 6.61 Å². The molecule has 0 saturated carbocycles. The molecular weight excluding hydrogens is 264 g/mol. The summed E-state index contributed by atoms with van der Waals surface area (Å²) in [6.07, 6.45) is 2.30. The molecule has 0 radical (unpaired) electrons. The number of carbonyl (C=O) groups is 1. The molecule has 1 aromatic carbocycles. The second-order valence-electron chi connectivity index (χ2n) is 6.38. The molecule has 0 aromatic heterocycles. The summed E-state index contributed by atoms with van der Waals surface area (Å²) in [5.41, 5.74) is 6.13. The van der Waals surface area contributed by atoms with Gasteiger partial charge in [-0.2, -0.15) is 0 Å². The number of primary amides is 1. The summed E-state index contributed by atoms with van der Waals surface area (Å²) in [6.45, 7) is 8.90. The Hall–Kier alpha value is -1.71. The number of benzene rings is 1. The molecule has 1 aromatic rings. The van der Waals surface area contributed by atoms with Crippen molar-refractivity contribution in [1.82, 2.24) is 0 Å². The van der Waals surface area contributed by atoms with Crippen LogP contribution in [-0.4, -0.2) is 18.6 Å². The van der Waals surface area contributed by atoms with Gasteiger partial charge < -0.3 is 15.8 Å². The molecule has 0 atom stereocenters. The Balaban J connectivity index is 2.60. The summed E-state index contributed by atoms with van der Waals surface area (Å²) in [5.74, 6) is 1.52. The van der Waals surface area contributed by atoms with E-state index in [1.54, 1.807) is 0 Å². The predicted molar refractivity (Wildman–Crippen MR) is 87.5 cm³/mol. The minimum Gasteiger partial charge on any atom is -0.484 e. The first kappa shape index (κ1) is 17.3. The lowest BCUT2D eigenvalue weighted by molar-refractivity contribution is -0.119. The van der Waals surface area contributed by atoms with Crippen molar-refractivity contribution in [2.24, 2.45) is 17.6 Å². The van der Waals surface area contributed by atoms with Crippen LogP contribution in [-0.2, 0) is 4.79 Å². The molecule has 0 aliphatic rings. The molecule has 0 aliphatic heterocycles. The lowest BCUT2D eigenvalue weighted by Crippen LogP contribution is -2.23. The summed E-state index contributed by atoms with van der Waals surface area (Å²) in [6, 6.07) is 8.14. The quantitative estimate of drug-likeness (QED) is 0.733. The minimum atomic E-state index is -0.467. The number of anilines is 1. The van der Waals surface area contributed by atoms with Gasteiger partial charge in [-0.1, -0.05) is 27.7 Å². The van der Waals surface area contributed by atoms with Crippen molar-refractivity contribution in [2.45, 2.75) is 46.6 Å². The fourth-order valence-corrected chi connectivity index (χ4v) is 2.39. The molecule has 0 spiro atoms. The Bertz CT molecular complexity index is 417. The Morgan fingerprint density at radius 1 is 1.10 bits per heavy atom. The van der Waals surface area contributed by atoms with Crippen molar-refractivity contribution in [3.63, 3.8) is 0 Å². The van der Waals surface area contributed by atoms with E-state index in [-0.39, 0.29) is 6.61 Å². The van der Waals surface area contributed by atoms with E-state index in [2.05, 4.69) is 33.0 Å². The minimum absolute atomic E-state index is 0.0872. The van der Waals surface area contributed by atoms with Gasteiger partial charge in [-0.15, -0.1) is 0 Å². The largest absolute Gasteiger partial charge is 0.484 e. The molecule has 0 bridgehead atoms. The van der Waals surface area contributed by atoms with Crippen LogP contribution in [0.5, 0.6) is 5.75 Å². The second-order valence-corrected chi connectivity index (χ2v) is 6.38. The number of carbonyl (C=O) groups excluding carboxylic acids is 1. The first-order valence-electron chi connectivity index (χ1n) is 7.64. The van der Waals surface area contributed by atoms with Crippen molar-refractivity contribution in [3.05, 3.63) is 24.3 Å². The van der Waals surface area contributed by atoms with Crippen molar-refractivity contribution in [2.75, 3.05) is 11.9 Å². The van der Waals surface area contributed by atoms with Crippen molar-refractivity contribution < 1.29 is 9.53 Å². The molecule has 0 aliphatic carbocycles. The van der Waals surface area contributed by atoms with E-state index in [9.17, 15) is 4.79 Å². The topological polar surface area (TPSA) is 64.3 Å². The Labute approximate surface area is 128 Å². The van der Waals surface area contributed by atoms with Gasteiger partial charge in [0.2, 0.25) is 0 Å². The molecule has 4 nitrogen and oxygen atoms in total. The van der Waals surface area contributed by atoms with E-state index in [0.29, 0.717) is 23.6 Å². The number of rotatable bonds is 9. The zero-order valence-corrected chi connectivity index (χ0v) is 13.6. The number of amides is 1. The average molecular weight is 292 g/mol. The van der Waals surface area contributed by atoms with Gasteiger partial charge in [-0.3, -0.25) is 4.79 Å². The van der Waals surface area contributed by atoms with Gasteiger partial charge in [0.05, 0.1) is 0 Å². The number of ether oxygens (including phenoxy) is 1. The van der Waals surface area contributed by atoms with Crippen LogP contribution in [0.4, 0.5) is 5.69 Å². The van der Waals surface area contributed by atoms with Gasteiger partial charge in [0.25, 0.3) is 5.91 Å². The van der Waals surface area contributed by atoms with Crippen molar-refractivity contribution >= 4 is 11.6 Å². The van der Waals surface area contributed by atoms with Gasteiger partial charge in [-0.05, 0) is 48.9 Å². The molecule has 1 rings (SSSR count). The Morgan fingerprint density at radius 2 is 1.62 bits per heavy atom.